The van der Waals surface area contributed by atoms with Crippen molar-refractivity contribution in [1.82, 2.24) is 62.8 Å². The van der Waals surface area contributed by atoms with Crippen LogP contribution in [0.4, 0.5) is 0 Å². The molecule has 22 nitrogen and oxygen atoms in total. The van der Waals surface area contributed by atoms with Crippen molar-refractivity contribution < 1.29 is 50.4 Å². The second kappa shape index (κ2) is 32.9. The summed E-state index contributed by atoms with van der Waals surface area (Å²) in [4.78, 5) is 66.5. The van der Waals surface area contributed by atoms with Gasteiger partial charge in [0.25, 0.3) is 0 Å². The zero-order valence-electron chi connectivity index (χ0n) is 38.3. The van der Waals surface area contributed by atoms with E-state index in [1.807, 2.05) is 50.4 Å². The van der Waals surface area contributed by atoms with E-state index in [1.165, 1.54) is 6.92 Å². The number of hydrogen-bond donors (Lipinski definition) is 13. The molecule has 1 aromatic carbocycles. The number of aliphatic hydroxyl groups is 2. The molecule has 22 heteroatoms. The molecule has 17 N–H and O–H groups in total. The zero-order chi connectivity index (χ0) is 47.1. The first-order valence-corrected chi connectivity index (χ1v) is 22.5. The fourth-order valence-electron chi connectivity index (χ4n) is 6.53. The second-order valence-electron chi connectivity index (χ2n) is 16.0. The second-order valence-corrected chi connectivity index (χ2v) is 16.0. The number of carbonyl (C=O) groups is 5. The van der Waals surface area contributed by atoms with E-state index in [9.17, 15) is 34.2 Å². The summed E-state index contributed by atoms with van der Waals surface area (Å²) < 4.78 is 7.44. The van der Waals surface area contributed by atoms with E-state index < -0.39 is 72.6 Å². The highest BCUT2D eigenvalue weighted by atomic mass is 16.5. The van der Waals surface area contributed by atoms with Gasteiger partial charge in [-0.3, -0.25) is 34.6 Å². The molecule has 0 fully saturated rings. The van der Waals surface area contributed by atoms with Crippen LogP contribution in [0.1, 0.15) is 64.6 Å². The number of aromatic nitrogens is 3. The van der Waals surface area contributed by atoms with Crippen molar-refractivity contribution in [2.24, 2.45) is 5.92 Å². The van der Waals surface area contributed by atoms with Crippen LogP contribution in [0.15, 0.2) is 36.5 Å². The first kappa shape index (κ1) is 55.5. The van der Waals surface area contributed by atoms with Crippen LogP contribution in [0.25, 0.3) is 0 Å². The van der Waals surface area contributed by atoms with Crippen LogP contribution >= 0.6 is 0 Å². The molecule has 5 amide bonds. The summed E-state index contributed by atoms with van der Waals surface area (Å²) in [5.74, 6) is -2.91. The molecule has 1 heterocycles. The molecule has 362 valence electrons. The van der Waals surface area contributed by atoms with Crippen molar-refractivity contribution in [2.45, 2.75) is 109 Å². The van der Waals surface area contributed by atoms with E-state index in [1.54, 1.807) is 4.68 Å². The summed E-state index contributed by atoms with van der Waals surface area (Å²) >= 11 is 0. The Hall–Kier alpha value is -4.65. The molecule has 1 aromatic heterocycles. The highest BCUT2D eigenvalue weighted by Gasteiger charge is 2.33. The summed E-state index contributed by atoms with van der Waals surface area (Å²) in [6, 6.07) is 4.61. The van der Waals surface area contributed by atoms with Crippen LogP contribution in [0.5, 0.6) is 0 Å². The average Bonchev–Trinajstić information content (AvgIpc) is 3.70. The molecule has 0 aliphatic heterocycles. The number of carbonyl (C=O) groups excluding carboxylic acids is 5. The minimum atomic E-state index is -1.63. The smallest absolute Gasteiger partial charge is 0.243 e. The molecular formula is C42H78N14O8+2. The van der Waals surface area contributed by atoms with Gasteiger partial charge in [-0.1, -0.05) is 62.7 Å². The van der Waals surface area contributed by atoms with Gasteiger partial charge >= 0.3 is 0 Å². The van der Waals surface area contributed by atoms with Gasteiger partial charge in [-0.2, -0.15) is 0 Å². The molecule has 0 aliphatic rings. The summed E-state index contributed by atoms with van der Waals surface area (Å²) in [6.45, 7) is 12.7. The van der Waals surface area contributed by atoms with Crippen molar-refractivity contribution in [3.8, 4) is 0 Å². The first-order valence-electron chi connectivity index (χ1n) is 22.5. The molecule has 0 saturated heterocycles. The van der Waals surface area contributed by atoms with Gasteiger partial charge in [0.2, 0.25) is 29.5 Å². The topological polar surface area (TPSA) is 329 Å². The average molecular weight is 907 g/mol. The Bertz CT molecular complexity index is 1620. The van der Waals surface area contributed by atoms with Crippen LogP contribution in [0.2, 0.25) is 0 Å². The maximum absolute atomic E-state index is 14.1. The molecule has 3 unspecified atom stereocenters. The number of benzene rings is 1. The van der Waals surface area contributed by atoms with Crippen molar-refractivity contribution >= 4 is 29.5 Å². The predicted octanol–water partition coefficient (Wildman–Crippen LogP) is -5.13. The van der Waals surface area contributed by atoms with E-state index in [0.717, 1.165) is 24.1 Å². The number of nitrogens with one attached hydrogen (secondary N) is 9. The quantitative estimate of drug-likeness (QED) is 0.0225. The Morgan fingerprint density at radius 3 is 2.12 bits per heavy atom. The summed E-state index contributed by atoms with van der Waals surface area (Å²) in [7, 11) is 0. The molecule has 0 bridgehead atoms. The monoisotopic (exact) mass is 907 g/mol. The lowest BCUT2D eigenvalue weighted by molar-refractivity contribution is -0.365. The van der Waals surface area contributed by atoms with Gasteiger partial charge in [0, 0.05) is 71.8 Å². The van der Waals surface area contributed by atoms with Crippen LogP contribution in [0, 0.1) is 5.92 Å². The van der Waals surface area contributed by atoms with Crippen molar-refractivity contribution in [2.75, 3.05) is 72.1 Å². The Morgan fingerprint density at radius 2 is 1.47 bits per heavy atom. The maximum Gasteiger partial charge on any atom is 0.243 e. The normalized spacial score (nSPS) is 14.2. The number of hydrogen-bond acceptors (Lipinski definition) is 14. The number of aliphatic hydroxyl groups excluding tert-OH is 2. The minimum Gasteiger partial charge on any atom is -0.379 e. The van der Waals surface area contributed by atoms with Crippen LogP contribution in [-0.4, -0.2) is 163 Å². The lowest BCUT2D eigenvalue weighted by Crippen LogP contribution is -2.61. The Balaban J connectivity index is 2.22. The molecule has 0 radical (unpaired) electrons. The fraction of sp³-hybridized carbons (Fsp3) is 0.690. The molecule has 64 heavy (non-hydrogen) atoms. The number of amides is 5. The molecule has 0 aliphatic carbocycles. The molecule has 2 aromatic rings. The molecule has 2 rings (SSSR count). The van der Waals surface area contributed by atoms with Crippen molar-refractivity contribution in [1.29, 1.82) is 0 Å². The summed E-state index contributed by atoms with van der Waals surface area (Å²) in [5.41, 5.74) is 9.27. The van der Waals surface area contributed by atoms with Gasteiger partial charge in [-0.15, -0.1) is 5.10 Å². The van der Waals surface area contributed by atoms with Crippen LogP contribution in [0.3, 0.4) is 0 Å². The van der Waals surface area contributed by atoms with E-state index in [2.05, 4.69) is 76.6 Å². The van der Waals surface area contributed by atoms with Gasteiger partial charge in [0.05, 0.1) is 57.0 Å². The first-order chi connectivity index (χ1) is 30.8. The molecular weight excluding hydrogens is 829 g/mol. The van der Waals surface area contributed by atoms with Gasteiger partial charge in [-0.25, -0.2) is 4.68 Å². The number of ether oxygens (including phenoxy) is 1. The standard InChI is InChI=1S/C42H76N14O8/c1-5-9-32-28-56(55-54-32)21-23-64-22-20-49-39(60)34(25-31-10-7-6-8-11-31)52-40(61)33(24-29(2)3)51-42(63)36(27-38(59)48-19-17-46-15-13-44)53-41(62)35(50-30(4)57)26-37(58)47-18-16-45-14-12-43/h6-8,10-11,28-29,33-36,38,42,45-46,48,51,59,63H,5,9,12-27,43-44H2,1-4H3,(H,47,58)(H,49,60)(H,50,57)(H,52,61)(H,53,62)/p+2/t33?,34-,35+,36-,38?,42?/m0/s1. The summed E-state index contributed by atoms with van der Waals surface area (Å²) in [6.07, 6.45) is 0.622. The van der Waals surface area contributed by atoms with Gasteiger partial charge in [0.15, 0.2) is 0 Å². The Labute approximate surface area is 377 Å². The SMILES string of the molecule is CCCc1cn(CCOCCNC(=O)[C@H](Cc2ccccc2)NC(=O)C(CC(C)C)NC(O)[C@H](CC(O)NCCNCC[NH3+])NC(=O)[C@@H](CC(=O)NCCNCC[NH3+])NC(C)=O)nn1. The van der Waals surface area contributed by atoms with Crippen LogP contribution in [-0.2, 0) is 48.1 Å². The zero-order valence-corrected chi connectivity index (χ0v) is 38.3. The minimum absolute atomic E-state index is 0.0626. The number of quaternary nitrogens is 2. The van der Waals surface area contributed by atoms with E-state index >= 15 is 0 Å². The molecule has 0 spiro atoms. The third-order valence-corrected chi connectivity index (χ3v) is 9.70. The van der Waals surface area contributed by atoms with Gasteiger partial charge in [0.1, 0.15) is 24.5 Å². The van der Waals surface area contributed by atoms with Crippen LogP contribution < -0.4 is 59.3 Å². The third-order valence-electron chi connectivity index (χ3n) is 9.70. The highest BCUT2D eigenvalue weighted by Crippen LogP contribution is 2.11. The molecule has 0 saturated carbocycles. The van der Waals surface area contributed by atoms with E-state index in [4.69, 9.17) is 4.74 Å². The summed E-state index contributed by atoms with van der Waals surface area (Å²) in [5, 5.41) is 56.8. The van der Waals surface area contributed by atoms with E-state index in [-0.39, 0.29) is 44.9 Å². The number of rotatable bonds is 36. The maximum atomic E-state index is 14.1. The number of nitrogens with zero attached hydrogens (tertiary/aromatic N) is 3. The largest absolute Gasteiger partial charge is 0.379 e. The third kappa shape index (κ3) is 24.4. The van der Waals surface area contributed by atoms with Gasteiger partial charge in [-0.05, 0) is 24.3 Å². The predicted molar refractivity (Wildman–Crippen MR) is 239 cm³/mol. The van der Waals surface area contributed by atoms with Gasteiger partial charge < -0.3 is 63.6 Å². The molecule has 6 atom stereocenters. The fourth-order valence-corrected chi connectivity index (χ4v) is 6.53. The van der Waals surface area contributed by atoms with E-state index in [0.29, 0.717) is 59.0 Å². The lowest BCUT2D eigenvalue weighted by atomic mass is 10.00. The van der Waals surface area contributed by atoms with Crippen molar-refractivity contribution in [3.05, 3.63) is 47.8 Å². The highest BCUT2D eigenvalue weighted by molar-refractivity contribution is 5.92. The van der Waals surface area contributed by atoms with Crippen molar-refractivity contribution in [3.63, 3.8) is 0 Å². The lowest BCUT2D eigenvalue weighted by Gasteiger charge is -2.32. The Kier molecular flexibility index (Phi) is 28.5. The number of aryl methyl sites for hydroxylation is 1. The Morgan fingerprint density at radius 1 is 0.781 bits per heavy atom.